The highest BCUT2D eigenvalue weighted by Crippen LogP contribution is 2.20. The standard InChI is InChI=1S/C14H14N2O2/c17-9-11-3-1-5-13(7-11)15-16-14-6-2-4-12(8-14)10-18/h1-8,17-18H,9-10H2/b16-15+. The predicted molar refractivity (Wildman–Crippen MR) is 68.9 cm³/mol. The number of aliphatic hydroxyl groups is 2. The number of benzene rings is 2. The van der Waals surface area contributed by atoms with Gasteiger partial charge in [-0.3, -0.25) is 0 Å². The number of azo groups is 1. The van der Waals surface area contributed by atoms with Gasteiger partial charge in [0.15, 0.2) is 0 Å². The fourth-order valence-electron chi connectivity index (χ4n) is 1.55. The molecule has 0 bridgehead atoms. The molecule has 2 aromatic rings. The minimum Gasteiger partial charge on any atom is -0.392 e. The van der Waals surface area contributed by atoms with Crippen molar-refractivity contribution in [2.45, 2.75) is 13.2 Å². The van der Waals surface area contributed by atoms with Crippen LogP contribution < -0.4 is 0 Å². The molecule has 92 valence electrons. The maximum atomic E-state index is 9.02. The van der Waals surface area contributed by atoms with Crippen LogP contribution >= 0.6 is 0 Å². The summed E-state index contributed by atoms with van der Waals surface area (Å²) < 4.78 is 0. The SMILES string of the molecule is OCc1cccc(/N=N/c2cccc(CO)c2)c1. The molecule has 0 fully saturated rings. The molecule has 2 N–H and O–H groups in total. The Morgan fingerprint density at radius 1 is 0.722 bits per heavy atom. The summed E-state index contributed by atoms with van der Waals surface area (Å²) in [5.74, 6) is 0. The average Bonchev–Trinajstić information content (AvgIpc) is 2.45. The van der Waals surface area contributed by atoms with E-state index in [4.69, 9.17) is 10.2 Å². The van der Waals surface area contributed by atoms with Crippen molar-refractivity contribution < 1.29 is 10.2 Å². The topological polar surface area (TPSA) is 65.2 Å². The Hall–Kier alpha value is -2.04. The van der Waals surface area contributed by atoms with Gasteiger partial charge in [0, 0.05) is 0 Å². The third-order valence-electron chi connectivity index (χ3n) is 2.47. The van der Waals surface area contributed by atoms with E-state index in [-0.39, 0.29) is 13.2 Å². The molecule has 0 heterocycles. The minimum absolute atomic E-state index is 0.0106. The first-order chi connectivity index (χ1) is 8.81. The van der Waals surface area contributed by atoms with Gasteiger partial charge in [0.2, 0.25) is 0 Å². The molecule has 0 radical (unpaired) electrons. The monoisotopic (exact) mass is 242 g/mol. The van der Waals surface area contributed by atoms with Gasteiger partial charge in [-0.15, -0.1) is 0 Å². The maximum absolute atomic E-state index is 9.02. The van der Waals surface area contributed by atoms with Crippen molar-refractivity contribution in [3.05, 3.63) is 59.7 Å². The summed E-state index contributed by atoms with van der Waals surface area (Å²) in [5.41, 5.74) is 2.98. The minimum atomic E-state index is -0.0106. The first-order valence-corrected chi connectivity index (χ1v) is 5.63. The zero-order valence-electron chi connectivity index (χ0n) is 9.82. The molecule has 0 saturated carbocycles. The summed E-state index contributed by atoms with van der Waals surface area (Å²) in [5, 5.41) is 26.2. The van der Waals surface area contributed by atoms with Gasteiger partial charge in [0.05, 0.1) is 24.6 Å². The molecule has 0 aromatic heterocycles. The average molecular weight is 242 g/mol. The van der Waals surface area contributed by atoms with E-state index in [1.54, 1.807) is 12.1 Å². The van der Waals surface area contributed by atoms with Crippen LogP contribution in [-0.2, 0) is 13.2 Å². The molecule has 4 nitrogen and oxygen atoms in total. The Morgan fingerprint density at radius 2 is 1.17 bits per heavy atom. The van der Waals surface area contributed by atoms with Gasteiger partial charge >= 0.3 is 0 Å². The van der Waals surface area contributed by atoms with Gasteiger partial charge < -0.3 is 10.2 Å². The van der Waals surface area contributed by atoms with E-state index in [1.165, 1.54) is 0 Å². The van der Waals surface area contributed by atoms with Crippen LogP contribution in [0.4, 0.5) is 11.4 Å². The van der Waals surface area contributed by atoms with Crippen LogP contribution in [0.5, 0.6) is 0 Å². The summed E-state index contributed by atoms with van der Waals surface area (Å²) in [4.78, 5) is 0. The van der Waals surface area contributed by atoms with Crippen LogP contribution in [0.2, 0.25) is 0 Å². The van der Waals surface area contributed by atoms with E-state index in [9.17, 15) is 0 Å². The zero-order chi connectivity index (χ0) is 12.8. The quantitative estimate of drug-likeness (QED) is 0.809. The lowest BCUT2D eigenvalue weighted by Gasteiger charge is -1.98. The molecule has 0 aliphatic heterocycles. The number of aliphatic hydroxyl groups excluding tert-OH is 2. The third kappa shape index (κ3) is 3.23. The second-order valence-electron chi connectivity index (χ2n) is 3.86. The van der Waals surface area contributed by atoms with Crippen molar-refractivity contribution in [1.29, 1.82) is 0 Å². The molecular weight excluding hydrogens is 228 g/mol. The van der Waals surface area contributed by atoms with E-state index >= 15 is 0 Å². The van der Waals surface area contributed by atoms with Crippen molar-refractivity contribution in [3.63, 3.8) is 0 Å². The second kappa shape index (κ2) is 6.05. The van der Waals surface area contributed by atoms with Crippen LogP contribution in [0.25, 0.3) is 0 Å². The van der Waals surface area contributed by atoms with Crippen LogP contribution in [0.15, 0.2) is 58.8 Å². The molecule has 0 saturated heterocycles. The fourth-order valence-corrected chi connectivity index (χ4v) is 1.55. The lowest BCUT2D eigenvalue weighted by molar-refractivity contribution is 0.281. The van der Waals surface area contributed by atoms with Gasteiger partial charge in [0.1, 0.15) is 0 Å². The lowest BCUT2D eigenvalue weighted by atomic mass is 10.2. The summed E-state index contributed by atoms with van der Waals surface area (Å²) in [6, 6.07) is 14.5. The van der Waals surface area contributed by atoms with Crippen molar-refractivity contribution in [2.24, 2.45) is 10.2 Å². The van der Waals surface area contributed by atoms with E-state index in [0.29, 0.717) is 11.4 Å². The normalized spacial score (nSPS) is 11.0. The van der Waals surface area contributed by atoms with Crippen molar-refractivity contribution in [3.8, 4) is 0 Å². The number of hydrogen-bond donors (Lipinski definition) is 2. The Kier molecular flexibility index (Phi) is 4.17. The van der Waals surface area contributed by atoms with Gasteiger partial charge in [-0.1, -0.05) is 24.3 Å². The van der Waals surface area contributed by atoms with E-state index in [0.717, 1.165) is 11.1 Å². The second-order valence-corrected chi connectivity index (χ2v) is 3.86. The van der Waals surface area contributed by atoms with Crippen LogP contribution in [0.3, 0.4) is 0 Å². The zero-order valence-corrected chi connectivity index (χ0v) is 9.82. The molecule has 4 heteroatoms. The first-order valence-electron chi connectivity index (χ1n) is 5.63. The largest absolute Gasteiger partial charge is 0.392 e. The van der Waals surface area contributed by atoms with Crippen LogP contribution in [0.1, 0.15) is 11.1 Å². The first kappa shape index (κ1) is 12.4. The predicted octanol–water partition coefficient (Wildman–Crippen LogP) is 3.09. The molecule has 2 rings (SSSR count). The Balaban J connectivity index is 2.18. The van der Waals surface area contributed by atoms with Gasteiger partial charge in [0.25, 0.3) is 0 Å². The molecule has 0 aliphatic rings. The maximum Gasteiger partial charge on any atom is 0.0860 e. The highest BCUT2D eigenvalue weighted by atomic mass is 16.3. The van der Waals surface area contributed by atoms with Gasteiger partial charge in [-0.25, -0.2) is 0 Å². The highest BCUT2D eigenvalue weighted by molar-refractivity contribution is 5.43. The van der Waals surface area contributed by atoms with E-state index < -0.39 is 0 Å². The third-order valence-corrected chi connectivity index (χ3v) is 2.47. The smallest absolute Gasteiger partial charge is 0.0860 e. The lowest BCUT2D eigenvalue weighted by Crippen LogP contribution is -1.80. The molecule has 0 spiro atoms. The van der Waals surface area contributed by atoms with E-state index in [2.05, 4.69) is 10.2 Å². The number of nitrogens with zero attached hydrogens (tertiary/aromatic N) is 2. The Bertz CT molecular complexity index is 503. The molecule has 0 aliphatic carbocycles. The molecule has 2 aromatic carbocycles. The van der Waals surface area contributed by atoms with Crippen molar-refractivity contribution in [2.75, 3.05) is 0 Å². The molecule has 18 heavy (non-hydrogen) atoms. The van der Waals surface area contributed by atoms with Gasteiger partial charge in [-0.2, -0.15) is 10.2 Å². The molecule has 0 atom stereocenters. The van der Waals surface area contributed by atoms with Crippen LogP contribution in [-0.4, -0.2) is 10.2 Å². The summed E-state index contributed by atoms with van der Waals surface area (Å²) in [6.45, 7) is -0.0211. The number of rotatable bonds is 4. The van der Waals surface area contributed by atoms with Crippen LogP contribution in [0, 0.1) is 0 Å². The summed E-state index contributed by atoms with van der Waals surface area (Å²) >= 11 is 0. The summed E-state index contributed by atoms with van der Waals surface area (Å²) in [7, 11) is 0. The summed E-state index contributed by atoms with van der Waals surface area (Å²) in [6.07, 6.45) is 0. The fraction of sp³-hybridized carbons (Fsp3) is 0.143. The molecule has 0 amide bonds. The number of hydrogen-bond acceptors (Lipinski definition) is 4. The van der Waals surface area contributed by atoms with E-state index in [1.807, 2.05) is 36.4 Å². The van der Waals surface area contributed by atoms with Gasteiger partial charge in [-0.05, 0) is 35.4 Å². The Morgan fingerprint density at radius 3 is 1.56 bits per heavy atom. The van der Waals surface area contributed by atoms with Crippen molar-refractivity contribution in [1.82, 2.24) is 0 Å². The molecule has 0 unspecified atom stereocenters. The Labute approximate surface area is 105 Å². The highest BCUT2D eigenvalue weighted by Gasteiger charge is 1.95. The van der Waals surface area contributed by atoms with Crippen molar-refractivity contribution >= 4 is 11.4 Å². The molecular formula is C14H14N2O2.